The molecule has 110 valence electrons. The third kappa shape index (κ3) is 2.20. The lowest BCUT2D eigenvalue weighted by Gasteiger charge is -2.26. The number of nitrogens with zero attached hydrogens (tertiary/aromatic N) is 2. The molecule has 20 heavy (non-hydrogen) atoms. The van der Waals surface area contributed by atoms with Crippen molar-refractivity contribution in [2.24, 2.45) is 5.92 Å². The smallest absolute Gasteiger partial charge is 0.112 e. The van der Waals surface area contributed by atoms with Crippen molar-refractivity contribution in [2.45, 2.75) is 76.8 Å². The zero-order valence-corrected chi connectivity index (χ0v) is 12.7. The molecule has 1 aromatic rings. The number of nitrogens with one attached hydrogen (secondary N) is 1. The number of aromatic nitrogens is 2. The first-order chi connectivity index (χ1) is 9.84. The van der Waals surface area contributed by atoms with Gasteiger partial charge in [0.15, 0.2) is 0 Å². The highest BCUT2D eigenvalue weighted by molar-refractivity contribution is 5.24. The number of rotatable bonds is 3. The van der Waals surface area contributed by atoms with Crippen LogP contribution in [-0.4, -0.2) is 16.1 Å². The fourth-order valence-electron chi connectivity index (χ4n) is 4.25. The lowest BCUT2D eigenvalue weighted by Crippen LogP contribution is -2.26. The fraction of sp³-hybridized carbons (Fsp3) is 0.824. The van der Waals surface area contributed by atoms with E-state index in [1.807, 2.05) is 0 Å². The highest BCUT2D eigenvalue weighted by Crippen LogP contribution is 2.43. The van der Waals surface area contributed by atoms with E-state index in [1.54, 1.807) is 5.69 Å². The minimum absolute atomic E-state index is 0.682. The van der Waals surface area contributed by atoms with Crippen molar-refractivity contribution in [1.82, 2.24) is 14.9 Å². The Bertz CT molecular complexity index is 481. The second-order valence-corrected chi connectivity index (χ2v) is 7.07. The third-order valence-corrected chi connectivity index (χ3v) is 5.63. The topological polar surface area (TPSA) is 29.9 Å². The molecule has 3 aliphatic rings. The van der Waals surface area contributed by atoms with Crippen molar-refractivity contribution in [3.8, 4) is 0 Å². The molecule has 0 radical (unpaired) electrons. The van der Waals surface area contributed by atoms with E-state index in [9.17, 15) is 0 Å². The fourth-order valence-corrected chi connectivity index (χ4v) is 4.25. The monoisotopic (exact) mass is 273 g/mol. The van der Waals surface area contributed by atoms with E-state index in [0.29, 0.717) is 6.04 Å². The highest BCUT2D eigenvalue weighted by atomic mass is 15.2. The molecule has 1 aliphatic heterocycles. The molecule has 1 atom stereocenters. The van der Waals surface area contributed by atoms with Crippen LogP contribution in [0.5, 0.6) is 0 Å². The van der Waals surface area contributed by atoms with Gasteiger partial charge in [0, 0.05) is 37.2 Å². The average molecular weight is 273 g/mol. The van der Waals surface area contributed by atoms with Crippen LogP contribution in [0.1, 0.15) is 81.0 Å². The van der Waals surface area contributed by atoms with Gasteiger partial charge in [-0.2, -0.15) is 0 Å². The van der Waals surface area contributed by atoms with Crippen molar-refractivity contribution in [3.63, 3.8) is 0 Å². The van der Waals surface area contributed by atoms with E-state index < -0.39 is 0 Å². The van der Waals surface area contributed by atoms with Crippen LogP contribution in [0, 0.1) is 5.92 Å². The Morgan fingerprint density at radius 1 is 1.15 bits per heavy atom. The summed E-state index contributed by atoms with van der Waals surface area (Å²) in [7, 11) is 0. The van der Waals surface area contributed by atoms with Crippen LogP contribution in [0.4, 0.5) is 0 Å². The predicted molar refractivity (Wildman–Crippen MR) is 80.9 cm³/mol. The molecule has 1 aromatic heterocycles. The van der Waals surface area contributed by atoms with E-state index >= 15 is 0 Å². The Kier molecular flexibility index (Phi) is 3.33. The molecule has 0 aromatic carbocycles. The predicted octanol–water partition coefficient (Wildman–Crippen LogP) is 3.55. The largest absolute Gasteiger partial charge is 0.328 e. The first kappa shape index (κ1) is 12.9. The molecule has 0 spiro atoms. The maximum absolute atomic E-state index is 5.11. The van der Waals surface area contributed by atoms with Gasteiger partial charge in [0.1, 0.15) is 5.82 Å². The molecule has 3 nitrogen and oxygen atoms in total. The van der Waals surface area contributed by atoms with Gasteiger partial charge in [-0.15, -0.1) is 0 Å². The summed E-state index contributed by atoms with van der Waals surface area (Å²) in [6, 6.07) is 0.682. The summed E-state index contributed by atoms with van der Waals surface area (Å²) in [4.78, 5) is 5.11. The van der Waals surface area contributed by atoms with Crippen LogP contribution in [0.15, 0.2) is 0 Å². The molecule has 1 unspecified atom stereocenters. The SMILES string of the molecule is CC(C1CC1)n1c(C2CCCCC2)nc2c1CCNC2. The molecule has 0 bridgehead atoms. The first-order valence-electron chi connectivity index (χ1n) is 8.65. The lowest BCUT2D eigenvalue weighted by atomic mass is 9.88. The summed E-state index contributed by atoms with van der Waals surface area (Å²) in [6.07, 6.45) is 11.0. The molecule has 4 rings (SSSR count). The van der Waals surface area contributed by atoms with Gasteiger partial charge in [0.25, 0.3) is 0 Å². The van der Waals surface area contributed by atoms with Crippen molar-refractivity contribution in [3.05, 3.63) is 17.2 Å². The summed E-state index contributed by atoms with van der Waals surface area (Å²) in [6.45, 7) is 4.55. The quantitative estimate of drug-likeness (QED) is 0.912. The maximum atomic E-state index is 5.11. The van der Waals surface area contributed by atoms with Gasteiger partial charge in [-0.3, -0.25) is 0 Å². The molecule has 1 N–H and O–H groups in total. The normalized spacial score (nSPS) is 25.4. The minimum Gasteiger partial charge on any atom is -0.328 e. The summed E-state index contributed by atoms with van der Waals surface area (Å²) in [5.74, 6) is 3.10. The van der Waals surface area contributed by atoms with Crippen molar-refractivity contribution < 1.29 is 0 Å². The average Bonchev–Trinajstić information content (AvgIpc) is 3.27. The van der Waals surface area contributed by atoms with Crippen LogP contribution < -0.4 is 5.32 Å². The van der Waals surface area contributed by atoms with E-state index in [4.69, 9.17) is 4.98 Å². The number of hydrogen-bond donors (Lipinski definition) is 1. The Morgan fingerprint density at radius 2 is 1.95 bits per heavy atom. The Balaban J connectivity index is 1.73. The summed E-state index contributed by atoms with van der Waals surface area (Å²) < 4.78 is 2.68. The summed E-state index contributed by atoms with van der Waals surface area (Å²) in [5.41, 5.74) is 2.91. The van der Waals surface area contributed by atoms with Crippen molar-refractivity contribution in [1.29, 1.82) is 0 Å². The van der Waals surface area contributed by atoms with E-state index in [2.05, 4.69) is 16.8 Å². The summed E-state index contributed by atoms with van der Waals surface area (Å²) >= 11 is 0. The van der Waals surface area contributed by atoms with E-state index in [-0.39, 0.29) is 0 Å². The van der Waals surface area contributed by atoms with Gasteiger partial charge in [-0.25, -0.2) is 4.98 Å². The Hall–Kier alpha value is -0.830. The van der Waals surface area contributed by atoms with Crippen LogP contribution in [-0.2, 0) is 13.0 Å². The third-order valence-electron chi connectivity index (χ3n) is 5.63. The molecule has 0 saturated heterocycles. The lowest BCUT2D eigenvalue weighted by molar-refractivity contribution is 0.382. The molecule has 2 heterocycles. The van der Waals surface area contributed by atoms with Gasteiger partial charge in [-0.1, -0.05) is 19.3 Å². The Morgan fingerprint density at radius 3 is 2.70 bits per heavy atom. The number of hydrogen-bond acceptors (Lipinski definition) is 2. The van der Waals surface area contributed by atoms with Crippen LogP contribution in [0.25, 0.3) is 0 Å². The summed E-state index contributed by atoms with van der Waals surface area (Å²) in [5, 5.41) is 3.49. The molecular weight excluding hydrogens is 246 g/mol. The zero-order chi connectivity index (χ0) is 13.5. The number of imidazole rings is 1. The highest BCUT2D eigenvalue weighted by Gasteiger charge is 2.35. The molecular formula is C17H27N3. The van der Waals surface area contributed by atoms with E-state index in [0.717, 1.165) is 24.9 Å². The van der Waals surface area contributed by atoms with Gasteiger partial charge < -0.3 is 9.88 Å². The second kappa shape index (κ2) is 5.18. The molecule has 3 heteroatoms. The maximum Gasteiger partial charge on any atom is 0.112 e. The second-order valence-electron chi connectivity index (χ2n) is 7.07. The molecule has 2 fully saturated rings. The Labute approximate surface area is 122 Å². The van der Waals surface area contributed by atoms with Gasteiger partial charge in [0.2, 0.25) is 0 Å². The van der Waals surface area contributed by atoms with E-state index in [1.165, 1.54) is 62.9 Å². The van der Waals surface area contributed by atoms with Crippen molar-refractivity contribution >= 4 is 0 Å². The molecule has 2 aliphatic carbocycles. The first-order valence-corrected chi connectivity index (χ1v) is 8.65. The molecule has 0 amide bonds. The van der Waals surface area contributed by atoms with Crippen LogP contribution >= 0.6 is 0 Å². The standard InChI is InChI=1S/C17H27N3/c1-12(13-7-8-13)20-16-9-10-18-11-15(16)19-17(20)14-5-3-2-4-6-14/h12-14,18H,2-11H2,1H3. The van der Waals surface area contributed by atoms with Gasteiger partial charge in [0.05, 0.1) is 5.69 Å². The minimum atomic E-state index is 0.682. The van der Waals surface area contributed by atoms with Gasteiger partial charge >= 0.3 is 0 Å². The molecule has 2 saturated carbocycles. The zero-order valence-electron chi connectivity index (χ0n) is 12.7. The van der Waals surface area contributed by atoms with Gasteiger partial charge in [-0.05, 0) is 38.5 Å². The van der Waals surface area contributed by atoms with Crippen molar-refractivity contribution in [2.75, 3.05) is 6.54 Å². The number of fused-ring (bicyclic) bond motifs is 1. The van der Waals surface area contributed by atoms with Crippen LogP contribution in [0.3, 0.4) is 0 Å². The van der Waals surface area contributed by atoms with Crippen LogP contribution in [0.2, 0.25) is 0 Å².